The molecule has 0 spiro atoms. The number of hydrogen-bond donors (Lipinski definition) is 0. The van der Waals surface area contributed by atoms with Crippen molar-refractivity contribution < 1.29 is 57.7 Å². The summed E-state index contributed by atoms with van der Waals surface area (Å²) >= 11 is 2.62. The first-order chi connectivity index (χ1) is 1.00. The maximum atomic E-state index is 7.88. The van der Waals surface area contributed by atoms with Crippen LogP contribution < -0.4 is 0 Å². The zero-order valence-corrected chi connectivity index (χ0v) is 8.83. The third-order valence-corrected chi connectivity index (χ3v) is 0. The van der Waals surface area contributed by atoms with Crippen LogP contribution >= 0.6 is 0 Å². The molecule has 0 aliphatic carbocycles. The summed E-state index contributed by atoms with van der Waals surface area (Å²) in [4.78, 5) is 0. The summed E-state index contributed by atoms with van der Waals surface area (Å²) < 4.78 is 7.88. The van der Waals surface area contributed by atoms with Gasteiger partial charge in [0.05, 0.1) is 0 Å². The Morgan fingerprint density at radius 1 is 1.50 bits per heavy atom. The molecule has 0 aliphatic heterocycles. The van der Waals surface area contributed by atoms with Crippen molar-refractivity contribution in [2.24, 2.45) is 0 Å². The van der Waals surface area contributed by atoms with Gasteiger partial charge in [-0.05, 0) is 0 Å². The zero-order valence-electron chi connectivity index (χ0n) is 4.01. The molecule has 0 aromatic rings. The summed E-state index contributed by atoms with van der Waals surface area (Å²) in [5.41, 5.74) is 0. The first-order valence-electron chi connectivity index (χ1n) is 0.129. The quantitative estimate of drug-likeness (QED) is 0.545. The van der Waals surface area contributed by atoms with Crippen molar-refractivity contribution in [3.63, 3.8) is 0 Å². The van der Waals surface area contributed by atoms with Gasteiger partial charge in [0.2, 0.25) is 0 Å². The van der Waals surface area contributed by atoms with Crippen molar-refractivity contribution in [3.8, 4) is 0 Å². The van der Waals surface area contributed by atoms with Crippen LogP contribution in [0.4, 0.5) is 0 Å². The molecule has 0 fully saturated rings. The molecule has 1 radical (unpaired) electrons. The standard InChI is InChI=1S/Ca.La.Ni.O.2H/q+2;;;;2*-1. The summed E-state index contributed by atoms with van der Waals surface area (Å²) in [6.45, 7) is 0. The second-order valence-corrected chi connectivity index (χ2v) is 0. The van der Waals surface area contributed by atoms with Gasteiger partial charge in [0.1, 0.15) is 0 Å². The van der Waals surface area contributed by atoms with E-state index < -0.39 is 0 Å². The molecule has 0 atom stereocenters. The van der Waals surface area contributed by atoms with Crippen LogP contribution in [0.15, 0.2) is 0 Å². The van der Waals surface area contributed by atoms with Crippen molar-refractivity contribution in [1.29, 1.82) is 0 Å². The molecule has 0 bridgehead atoms. The van der Waals surface area contributed by atoms with Crippen LogP contribution in [0.25, 0.3) is 0 Å². The van der Waals surface area contributed by atoms with Crippen molar-refractivity contribution in [1.82, 2.24) is 0 Å². The summed E-state index contributed by atoms with van der Waals surface area (Å²) in [5, 5.41) is 0. The topological polar surface area (TPSA) is 17.1 Å². The van der Waals surface area contributed by atoms with Crippen LogP contribution in [0.2, 0.25) is 0 Å². The van der Waals surface area contributed by atoms with Gasteiger partial charge in [-0.2, -0.15) is 0 Å². The normalized spacial score (nSPS) is 1.50. The van der Waals surface area contributed by atoms with Gasteiger partial charge < -0.3 is 2.85 Å². The van der Waals surface area contributed by atoms with E-state index in [9.17, 15) is 0 Å². The van der Waals surface area contributed by atoms with E-state index in [0.717, 1.165) is 0 Å². The van der Waals surface area contributed by atoms with Crippen LogP contribution in [0, 0.1) is 35.6 Å². The van der Waals surface area contributed by atoms with E-state index in [1.807, 2.05) is 0 Å². The van der Waals surface area contributed by atoms with Gasteiger partial charge in [-0.15, -0.1) is 0 Å². The van der Waals surface area contributed by atoms with Crippen LogP contribution in [0.5, 0.6) is 0 Å². The van der Waals surface area contributed by atoms with Gasteiger partial charge in [-0.25, -0.2) is 0 Å². The fourth-order valence-electron chi connectivity index (χ4n) is 0. The van der Waals surface area contributed by atoms with Crippen LogP contribution in [-0.4, -0.2) is 37.7 Å². The van der Waals surface area contributed by atoms with E-state index in [2.05, 4.69) is 15.4 Å². The van der Waals surface area contributed by atoms with Gasteiger partial charge in [0.15, 0.2) is 0 Å². The predicted octanol–water partition coefficient (Wildman–Crippen LogP) is -0.277. The Morgan fingerprint density at radius 2 is 1.50 bits per heavy atom. The van der Waals surface area contributed by atoms with Crippen molar-refractivity contribution >= 4 is 37.7 Å². The monoisotopic (exact) mass is 255 g/mol. The van der Waals surface area contributed by atoms with Crippen LogP contribution in [-0.2, 0) is 19.3 Å². The van der Waals surface area contributed by atoms with Crippen molar-refractivity contribution in [2.75, 3.05) is 0 Å². The number of hydrogen-bond acceptors (Lipinski definition) is 1. The average molecular weight is 256 g/mol. The van der Waals surface area contributed by atoms with Crippen molar-refractivity contribution in [2.45, 2.75) is 0 Å². The molecule has 4 heteroatoms. The molecule has 0 heterocycles. The van der Waals surface area contributed by atoms with Gasteiger partial charge >= 0.3 is 57.0 Å². The second kappa shape index (κ2) is 17.2. The Bertz CT molecular complexity index is 13.5. The predicted molar refractivity (Wildman–Crippen MR) is 8.66 cm³/mol. The molecule has 0 saturated heterocycles. The van der Waals surface area contributed by atoms with Crippen LogP contribution in [0.1, 0.15) is 2.85 Å². The van der Waals surface area contributed by atoms with Gasteiger partial charge in [0, 0.05) is 35.6 Å². The fraction of sp³-hybridized carbons (Fsp3) is 0. The molecule has 0 rings (SSSR count). The third kappa shape index (κ3) is 8.83. The molecule has 0 N–H and O–H groups in total. The maximum absolute atomic E-state index is 7.88. The van der Waals surface area contributed by atoms with Gasteiger partial charge in [-0.1, -0.05) is 0 Å². The molecule has 0 aromatic heterocycles. The molecule has 0 aromatic carbocycles. The van der Waals surface area contributed by atoms with E-state index in [-0.39, 0.29) is 76.2 Å². The van der Waals surface area contributed by atoms with Crippen molar-refractivity contribution in [3.05, 3.63) is 0 Å². The molecule has 0 aliphatic rings. The molecular formula is H2CaLaNiO. The Morgan fingerprint density at radius 3 is 1.50 bits per heavy atom. The minimum atomic E-state index is 0. The Balaban J connectivity index is -0.000000000833. The summed E-state index contributed by atoms with van der Waals surface area (Å²) in [7, 11) is 0. The first-order valence-corrected chi connectivity index (χ1v) is 0.532. The van der Waals surface area contributed by atoms with Gasteiger partial charge in [0.25, 0.3) is 0 Å². The average Bonchev–Trinajstić information content (AvgIpc) is 1.00. The Kier molecular flexibility index (Phi) is 68.1. The minimum absolute atomic E-state index is 0. The molecule has 0 saturated carbocycles. The van der Waals surface area contributed by atoms with E-state index in [4.69, 9.17) is 3.90 Å². The summed E-state index contributed by atoms with van der Waals surface area (Å²) in [6, 6.07) is 0. The van der Waals surface area contributed by atoms with E-state index in [0.29, 0.717) is 0 Å². The van der Waals surface area contributed by atoms with Gasteiger partial charge in [-0.3, -0.25) is 0 Å². The van der Waals surface area contributed by atoms with E-state index in [1.54, 1.807) is 0 Å². The SMILES string of the molecule is [Ca+2].[H-].[H-].[La].[O]=[Ni]. The third-order valence-electron chi connectivity index (χ3n) is 0. The molecular weight excluding hydrogens is 254 g/mol. The molecule has 23 valence electrons. The summed E-state index contributed by atoms with van der Waals surface area (Å²) in [6.07, 6.45) is 0. The van der Waals surface area contributed by atoms with E-state index in [1.165, 1.54) is 0 Å². The molecule has 0 unspecified atom stereocenters. The summed E-state index contributed by atoms with van der Waals surface area (Å²) in [5.74, 6) is 0. The zero-order chi connectivity index (χ0) is 2.00. The van der Waals surface area contributed by atoms with Crippen LogP contribution in [0.3, 0.4) is 0 Å². The second-order valence-electron chi connectivity index (χ2n) is 0. The fourth-order valence-corrected chi connectivity index (χ4v) is 0. The Hall–Kier alpha value is 2.75. The number of rotatable bonds is 0. The molecule has 0 amide bonds. The molecule has 4 heavy (non-hydrogen) atoms. The Labute approximate surface area is 93.4 Å². The van der Waals surface area contributed by atoms with E-state index >= 15 is 0 Å². The molecule has 1 nitrogen and oxygen atoms in total. The first kappa shape index (κ1) is 15.9.